The molecule has 4 rings (SSSR count). The van der Waals surface area contributed by atoms with Crippen molar-refractivity contribution in [1.29, 1.82) is 0 Å². The number of aromatic carboxylic acids is 1. The first-order chi connectivity index (χ1) is 11.4. The normalized spacial score (nSPS) is 18.1. The van der Waals surface area contributed by atoms with Crippen molar-refractivity contribution in [2.75, 3.05) is 12.3 Å². The van der Waals surface area contributed by atoms with Crippen LogP contribution >= 0.6 is 0 Å². The van der Waals surface area contributed by atoms with Gasteiger partial charge in [-0.1, -0.05) is 0 Å². The molecular formula is C16H14F2N2O4. The average molecular weight is 336 g/mol. The van der Waals surface area contributed by atoms with Crippen LogP contribution in [0.5, 0.6) is 5.75 Å². The van der Waals surface area contributed by atoms with Gasteiger partial charge in [-0.05, 0) is 19.3 Å². The standard InChI is InChI=1S/C16H14F2N2O4/c17-9-10(18)14-12-8(11(9)19)13(21)7(15(22)23)6-20(12)16(2-1-3-16)4-5-24-14/h6H,1-5,19H2,(H,22,23). The molecule has 1 spiro atoms. The van der Waals surface area contributed by atoms with E-state index in [0.717, 1.165) is 19.3 Å². The molecule has 0 unspecified atom stereocenters. The minimum atomic E-state index is -1.43. The molecule has 2 heterocycles. The zero-order valence-corrected chi connectivity index (χ0v) is 12.6. The van der Waals surface area contributed by atoms with Crippen molar-refractivity contribution in [3.05, 3.63) is 33.6 Å². The summed E-state index contributed by atoms with van der Waals surface area (Å²) in [6.45, 7) is 0.146. The van der Waals surface area contributed by atoms with Crippen molar-refractivity contribution in [2.45, 2.75) is 31.2 Å². The molecule has 1 aromatic carbocycles. The maximum Gasteiger partial charge on any atom is 0.341 e. The number of benzene rings is 1. The number of nitrogens with two attached hydrogens (primary N) is 1. The Bertz CT molecular complexity index is 963. The van der Waals surface area contributed by atoms with Gasteiger partial charge in [0.2, 0.25) is 11.2 Å². The van der Waals surface area contributed by atoms with Gasteiger partial charge >= 0.3 is 5.97 Å². The number of ether oxygens (including phenoxy) is 1. The molecule has 1 saturated carbocycles. The van der Waals surface area contributed by atoms with Gasteiger partial charge in [0, 0.05) is 18.2 Å². The molecule has 126 valence electrons. The summed E-state index contributed by atoms with van der Waals surface area (Å²) in [5.74, 6) is -4.47. The molecule has 0 atom stereocenters. The van der Waals surface area contributed by atoms with E-state index < -0.39 is 39.8 Å². The molecule has 1 aliphatic carbocycles. The fourth-order valence-corrected chi connectivity index (χ4v) is 3.72. The predicted molar refractivity (Wildman–Crippen MR) is 81.4 cm³/mol. The van der Waals surface area contributed by atoms with E-state index in [-0.39, 0.29) is 23.3 Å². The fraction of sp³-hybridized carbons (Fsp3) is 0.375. The van der Waals surface area contributed by atoms with Crippen LogP contribution in [0.15, 0.2) is 11.0 Å². The van der Waals surface area contributed by atoms with E-state index in [1.165, 1.54) is 6.20 Å². The molecule has 1 aromatic heterocycles. The lowest BCUT2D eigenvalue weighted by Gasteiger charge is -2.43. The molecule has 24 heavy (non-hydrogen) atoms. The van der Waals surface area contributed by atoms with E-state index in [1.807, 2.05) is 0 Å². The van der Waals surface area contributed by atoms with E-state index in [0.29, 0.717) is 6.42 Å². The Morgan fingerprint density at radius 2 is 2.00 bits per heavy atom. The molecule has 0 saturated heterocycles. The number of anilines is 1. The van der Waals surface area contributed by atoms with Gasteiger partial charge in [0.05, 0.1) is 17.7 Å². The van der Waals surface area contributed by atoms with Gasteiger partial charge in [0.15, 0.2) is 11.6 Å². The van der Waals surface area contributed by atoms with Gasteiger partial charge in [-0.25, -0.2) is 9.18 Å². The van der Waals surface area contributed by atoms with Gasteiger partial charge in [-0.3, -0.25) is 4.79 Å². The number of carboxylic acid groups (broad SMARTS) is 1. The summed E-state index contributed by atoms with van der Waals surface area (Å²) >= 11 is 0. The molecule has 1 aliphatic heterocycles. The van der Waals surface area contributed by atoms with Crippen LogP contribution in [0, 0.1) is 11.6 Å². The predicted octanol–water partition coefficient (Wildman–Crippen LogP) is 2.22. The number of nitrogen functional groups attached to an aromatic ring is 1. The number of aromatic nitrogens is 1. The zero-order valence-electron chi connectivity index (χ0n) is 12.6. The third-order valence-corrected chi connectivity index (χ3v) is 5.16. The Hall–Kier alpha value is -2.64. The molecule has 0 bridgehead atoms. The molecule has 6 nitrogen and oxygen atoms in total. The highest BCUT2D eigenvalue weighted by Crippen LogP contribution is 2.48. The largest absolute Gasteiger partial charge is 0.488 e. The second-order valence-electron chi connectivity index (χ2n) is 6.32. The maximum absolute atomic E-state index is 14.3. The summed E-state index contributed by atoms with van der Waals surface area (Å²) < 4.78 is 35.4. The minimum absolute atomic E-state index is 0.0404. The van der Waals surface area contributed by atoms with Gasteiger partial charge in [0.25, 0.3) is 0 Å². The Balaban J connectivity index is 2.27. The van der Waals surface area contributed by atoms with Crippen molar-refractivity contribution >= 4 is 22.6 Å². The molecule has 3 N–H and O–H groups in total. The van der Waals surface area contributed by atoms with E-state index in [9.17, 15) is 23.5 Å². The van der Waals surface area contributed by atoms with Crippen molar-refractivity contribution in [2.24, 2.45) is 0 Å². The second-order valence-corrected chi connectivity index (χ2v) is 6.32. The Labute approximate surface area is 134 Å². The number of hydrogen-bond donors (Lipinski definition) is 2. The van der Waals surface area contributed by atoms with Gasteiger partial charge in [-0.2, -0.15) is 4.39 Å². The van der Waals surface area contributed by atoms with Crippen molar-refractivity contribution in [3.8, 4) is 5.75 Å². The number of hydrogen-bond acceptors (Lipinski definition) is 4. The third kappa shape index (κ3) is 1.68. The van der Waals surface area contributed by atoms with Crippen LogP contribution in [0.4, 0.5) is 14.5 Å². The lowest BCUT2D eigenvalue weighted by molar-refractivity contribution is 0.0691. The number of nitrogens with zero attached hydrogens (tertiary/aromatic N) is 1. The number of halogens is 2. The highest BCUT2D eigenvalue weighted by atomic mass is 19.2. The van der Waals surface area contributed by atoms with Crippen LogP contribution < -0.4 is 15.9 Å². The summed E-state index contributed by atoms with van der Waals surface area (Å²) in [7, 11) is 0. The smallest absolute Gasteiger partial charge is 0.341 e. The number of fused-ring (bicyclic) bond motifs is 1. The molecule has 2 aromatic rings. The van der Waals surface area contributed by atoms with E-state index >= 15 is 0 Å². The van der Waals surface area contributed by atoms with E-state index in [1.54, 1.807) is 4.57 Å². The summed E-state index contributed by atoms with van der Waals surface area (Å²) in [6, 6.07) is 0. The summed E-state index contributed by atoms with van der Waals surface area (Å²) in [4.78, 5) is 24.0. The Kier molecular flexibility index (Phi) is 2.91. The molecule has 2 aliphatic rings. The van der Waals surface area contributed by atoms with Crippen LogP contribution in [0.1, 0.15) is 36.0 Å². The van der Waals surface area contributed by atoms with Crippen LogP contribution in [0.2, 0.25) is 0 Å². The first kappa shape index (κ1) is 14.9. The fourth-order valence-electron chi connectivity index (χ4n) is 3.72. The summed E-state index contributed by atoms with van der Waals surface area (Å²) in [5.41, 5.74) is 3.07. The number of carbonyl (C=O) groups is 1. The van der Waals surface area contributed by atoms with Crippen molar-refractivity contribution < 1.29 is 23.4 Å². The SMILES string of the molecule is Nc1c(F)c(F)c2c3c1c(=O)c(C(=O)O)cn3C1(CCC1)CCO2. The van der Waals surface area contributed by atoms with Crippen LogP contribution in [-0.2, 0) is 5.54 Å². The average Bonchev–Trinajstić information content (AvgIpc) is 2.67. The second kappa shape index (κ2) is 4.68. The number of carboxylic acids is 1. The Morgan fingerprint density at radius 1 is 1.29 bits per heavy atom. The minimum Gasteiger partial charge on any atom is -0.488 e. The molecule has 0 radical (unpaired) electrons. The zero-order chi connectivity index (χ0) is 17.2. The van der Waals surface area contributed by atoms with E-state index in [4.69, 9.17) is 10.5 Å². The lowest BCUT2D eigenvalue weighted by Crippen LogP contribution is -2.42. The highest BCUT2D eigenvalue weighted by molar-refractivity contribution is 6.00. The van der Waals surface area contributed by atoms with Crippen molar-refractivity contribution in [1.82, 2.24) is 4.57 Å². The van der Waals surface area contributed by atoms with Crippen LogP contribution in [-0.4, -0.2) is 22.2 Å². The van der Waals surface area contributed by atoms with E-state index in [2.05, 4.69) is 0 Å². The quantitative estimate of drug-likeness (QED) is 0.779. The molecule has 8 heteroatoms. The first-order valence-corrected chi connectivity index (χ1v) is 7.60. The van der Waals surface area contributed by atoms with Gasteiger partial charge in [-0.15, -0.1) is 0 Å². The maximum atomic E-state index is 14.3. The third-order valence-electron chi connectivity index (χ3n) is 5.16. The number of rotatable bonds is 1. The van der Waals surface area contributed by atoms with Crippen LogP contribution in [0.3, 0.4) is 0 Å². The lowest BCUT2D eigenvalue weighted by atomic mass is 9.74. The monoisotopic (exact) mass is 336 g/mol. The number of pyridine rings is 1. The molecule has 1 fully saturated rings. The highest BCUT2D eigenvalue weighted by Gasteiger charge is 2.43. The molecule has 0 amide bonds. The first-order valence-electron chi connectivity index (χ1n) is 7.60. The van der Waals surface area contributed by atoms with Crippen LogP contribution in [0.25, 0.3) is 10.9 Å². The summed E-state index contributed by atoms with van der Waals surface area (Å²) in [5, 5.41) is 8.99. The van der Waals surface area contributed by atoms with Crippen molar-refractivity contribution in [3.63, 3.8) is 0 Å². The Morgan fingerprint density at radius 3 is 2.58 bits per heavy atom. The topological polar surface area (TPSA) is 94.5 Å². The summed E-state index contributed by atoms with van der Waals surface area (Å²) in [6.07, 6.45) is 4.13. The molecular weight excluding hydrogens is 322 g/mol. The van der Waals surface area contributed by atoms with Gasteiger partial charge < -0.3 is 20.1 Å². The van der Waals surface area contributed by atoms with Gasteiger partial charge in [0.1, 0.15) is 11.1 Å².